The van der Waals surface area contributed by atoms with Crippen molar-refractivity contribution in [3.05, 3.63) is 58.4 Å². The average Bonchev–Trinajstić information content (AvgIpc) is 2.57. The third-order valence-corrected chi connectivity index (χ3v) is 3.14. The Balaban J connectivity index is 0.000000970. The van der Waals surface area contributed by atoms with Gasteiger partial charge in [-0.05, 0) is 39.0 Å². The van der Waals surface area contributed by atoms with Crippen molar-refractivity contribution in [2.45, 2.75) is 20.8 Å². The molecule has 0 radical (unpaired) electrons. The number of pyridine rings is 1. The van der Waals surface area contributed by atoms with Gasteiger partial charge in [0.1, 0.15) is 5.75 Å². The number of aryl methyl sites for hydroxylation is 2. The summed E-state index contributed by atoms with van der Waals surface area (Å²) in [6, 6.07) is 9.34. The molecule has 2 aromatic rings. The Hall–Kier alpha value is -3.33. The lowest BCUT2D eigenvalue weighted by molar-refractivity contribution is -0.122. The van der Waals surface area contributed by atoms with Crippen LogP contribution < -0.4 is 5.32 Å². The molecular weight excluding hydrogens is 320 g/mol. The van der Waals surface area contributed by atoms with Crippen LogP contribution in [0.1, 0.15) is 39.8 Å². The molecule has 0 unspecified atom stereocenters. The fourth-order valence-corrected chi connectivity index (χ4v) is 1.91. The smallest absolute Gasteiger partial charge is 0.290 e. The first-order valence-electron chi connectivity index (χ1n) is 7.58. The molecule has 0 bridgehead atoms. The van der Waals surface area contributed by atoms with Crippen molar-refractivity contribution in [3.8, 4) is 17.6 Å². The number of nitrogens with zero attached hydrogens (tertiary/aromatic N) is 1. The SMILES string of the molecule is CCNC(=O)c1nc(C)c(C#Cc2ccc(C)cc2)cc1O.O=CO. The van der Waals surface area contributed by atoms with Crippen LogP contribution >= 0.6 is 0 Å². The zero-order valence-corrected chi connectivity index (χ0v) is 14.3. The Labute approximate surface area is 146 Å². The van der Waals surface area contributed by atoms with Crippen LogP contribution in [-0.4, -0.2) is 34.1 Å². The second-order valence-electron chi connectivity index (χ2n) is 5.07. The maximum absolute atomic E-state index is 11.8. The summed E-state index contributed by atoms with van der Waals surface area (Å²) in [6.07, 6.45) is 0. The maximum Gasteiger partial charge on any atom is 0.290 e. The molecule has 1 amide bonds. The zero-order valence-electron chi connectivity index (χ0n) is 14.3. The highest BCUT2D eigenvalue weighted by Gasteiger charge is 2.14. The highest BCUT2D eigenvalue weighted by molar-refractivity contribution is 5.95. The minimum atomic E-state index is -0.388. The Morgan fingerprint density at radius 2 is 1.84 bits per heavy atom. The molecule has 25 heavy (non-hydrogen) atoms. The van der Waals surface area contributed by atoms with Gasteiger partial charge >= 0.3 is 0 Å². The summed E-state index contributed by atoms with van der Waals surface area (Å²) < 4.78 is 0. The fraction of sp³-hybridized carbons (Fsp3) is 0.211. The first-order valence-corrected chi connectivity index (χ1v) is 7.58. The molecule has 3 N–H and O–H groups in total. The van der Waals surface area contributed by atoms with Crippen LogP contribution in [0.25, 0.3) is 0 Å². The van der Waals surface area contributed by atoms with Crippen LogP contribution in [0.5, 0.6) is 5.75 Å². The number of rotatable bonds is 2. The summed E-state index contributed by atoms with van der Waals surface area (Å²) in [5.74, 6) is 5.46. The zero-order chi connectivity index (χ0) is 18.8. The summed E-state index contributed by atoms with van der Waals surface area (Å²) in [5.41, 5.74) is 3.30. The summed E-state index contributed by atoms with van der Waals surface area (Å²) in [4.78, 5) is 24.3. The predicted octanol–water partition coefficient (Wildman–Crippen LogP) is 2.25. The van der Waals surface area contributed by atoms with Crippen LogP contribution in [-0.2, 0) is 4.79 Å². The molecule has 0 saturated heterocycles. The van der Waals surface area contributed by atoms with E-state index >= 15 is 0 Å². The molecule has 0 aliphatic heterocycles. The number of hydrogen-bond acceptors (Lipinski definition) is 4. The normalized spacial score (nSPS) is 9.08. The molecule has 0 fully saturated rings. The third-order valence-electron chi connectivity index (χ3n) is 3.14. The molecule has 1 heterocycles. The second kappa shape index (κ2) is 9.73. The summed E-state index contributed by atoms with van der Waals surface area (Å²) in [7, 11) is 0. The van der Waals surface area contributed by atoms with Gasteiger partial charge in [-0.1, -0.05) is 29.5 Å². The average molecular weight is 340 g/mol. The summed E-state index contributed by atoms with van der Waals surface area (Å²) in [6.45, 7) is 5.82. The lowest BCUT2D eigenvalue weighted by atomic mass is 10.1. The van der Waals surface area contributed by atoms with E-state index in [4.69, 9.17) is 9.90 Å². The number of carbonyl (C=O) groups is 2. The van der Waals surface area contributed by atoms with Gasteiger partial charge in [0.2, 0.25) is 0 Å². The highest BCUT2D eigenvalue weighted by Crippen LogP contribution is 2.18. The molecule has 0 atom stereocenters. The van der Waals surface area contributed by atoms with Gasteiger partial charge in [0.05, 0.1) is 5.69 Å². The molecule has 1 aromatic heterocycles. The molecule has 0 saturated carbocycles. The van der Waals surface area contributed by atoms with E-state index < -0.39 is 0 Å². The number of hydrogen-bond donors (Lipinski definition) is 3. The van der Waals surface area contributed by atoms with Gasteiger partial charge in [0.15, 0.2) is 5.69 Å². The number of nitrogens with one attached hydrogen (secondary N) is 1. The van der Waals surface area contributed by atoms with Crippen molar-refractivity contribution < 1.29 is 19.8 Å². The van der Waals surface area contributed by atoms with Crippen LogP contribution in [0, 0.1) is 25.7 Å². The molecule has 2 rings (SSSR count). The van der Waals surface area contributed by atoms with E-state index in [2.05, 4.69) is 22.1 Å². The van der Waals surface area contributed by atoms with Crippen molar-refractivity contribution in [3.63, 3.8) is 0 Å². The number of benzene rings is 1. The molecular formula is C19H20N2O4. The van der Waals surface area contributed by atoms with Crippen LogP contribution in [0.3, 0.4) is 0 Å². The quantitative estimate of drug-likeness (QED) is 0.575. The minimum Gasteiger partial charge on any atom is -0.505 e. The number of aromatic nitrogens is 1. The lowest BCUT2D eigenvalue weighted by Gasteiger charge is -2.06. The monoisotopic (exact) mass is 340 g/mol. The maximum atomic E-state index is 11.8. The van der Waals surface area contributed by atoms with E-state index in [9.17, 15) is 9.90 Å². The summed E-state index contributed by atoms with van der Waals surface area (Å²) in [5, 5.41) is 19.5. The Bertz CT molecular complexity index is 803. The van der Waals surface area contributed by atoms with Gasteiger partial charge in [0.25, 0.3) is 12.4 Å². The first kappa shape index (κ1) is 19.7. The van der Waals surface area contributed by atoms with Crippen molar-refractivity contribution >= 4 is 12.4 Å². The highest BCUT2D eigenvalue weighted by atomic mass is 16.3. The number of carbonyl (C=O) groups excluding carboxylic acids is 1. The molecule has 130 valence electrons. The largest absolute Gasteiger partial charge is 0.505 e. The fourth-order valence-electron chi connectivity index (χ4n) is 1.91. The second-order valence-corrected chi connectivity index (χ2v) is 5.07. The molecule has 0 spiro atoms. The summed E-state index contributed by atoms with van der Waals surface area (Å²) >= 11 is 0. The molecule has 1 aromatic carbocycles. The Morgan fingerprint density at radius 1 is 1.24 bits per heavy atom. The van der Waals surface area contributed by atoms with E-state index in [1.807, 2.05) is 38.1 Å². The van der Waals surface area contributed by atoms with Gasteiger partial charge in [-0.15, -0.1) is 0 Å². The van der Waals surface area contributed by atoms with Crippen molar-refractivity contribution in [2.75, 3.05) is 6.54 Å². The number of carboxylic acid groups (broad SMARTS) is 1. The van der Waals surface area contributed by atoms with Gasteiger partial charge in [-0.3, -0.25) is 9.59 Å². The minimum absolute atomic E-state index is 0.0280. The van der Waals surface area contributed by atoms with E-state index in [1.54, 1.807) is 6.92 Å². The van der Waals surface area contributed by atoms with Crippen molar-refractivity contribution in [1.29, 1.82) is 0 Å². The van der Waals surface area contributed by atoms with Gasteiger partial charge in [-0.25, -0.2) is 4.98 Å². The lowest BCUT2D eigenvalue weighted by Crippen LogP contribution is -2.24. The van der Waals surface area contributed by atoms with Crippen molar-refractivity contribution in [2.24, 2.45) is 0 Å². The molecule has 0 aliphatic carbocycles. The van der Waals surface area contributed by atoms with Crippen LogP contribution in [0.4, 0.5) is 0 Å². The number of amides is 1. The Kier molecular flexibility index (Phi) is 7.67. The molecule has 6 nitrogen and oxygen atoms in total. The van der Waals surface area contributed by atoms with Gasteiger partial charge in [-0.2, -0.15) is 0 Å². The molecule has 6 heteroatoms. The van der Waals surface area contributed by atoms with E-state index in [0.29, 0.717) is 17.8 Å². The molecule has 0 aliphatic rings. The first-order chi connectivity index (χ1) is 11.9. The number of aromatic hydroxyl groups is 1. The van der Waals surface area contributed by atoms with Crippen molar-refractivity contribution in [1.82, 2.24) is 10.3 Å². The van der Waals surface area contributed by atoms with E-state index in [-0.39, 0.29) is 23.8 Å². The predicted molar refractivity (Wildman–Crippen MR) is 94.5 cm³/mol. The standard InChI is InChI=1S/C18H18N2O2.CH2O2/c1-4-19-18(22)17-16(21)11-15(13(3)20-17)10-9-14-7-5-12(2)6-8-14;2-1-3/h5-8,11,21H,4H2,1-3H3,(H,19,22);1H,(H,2,3). The van der Waals surface area contributed by atoms with Gasteiger partial charge < -0.3 is 15.5 Å². The van der Waals surface area contributed by atoms with Gasteiger partial charge in [0, 0.05) is 17.7 Å². The van der Waals surface area contributed by atoms with E-state index in [0.717, 1.165) is 5.56 Å². The van der Waals surface area contributed by atoms with Crippen LogP contribution in [0.15, 0.2) is 30.3 Å². The van der Waals surface area contributed by atoms with Crippen LogP contribution in [0.2, 0.25) is 0 Å². The third kappa shape index (κ3) is 5.99. The topological polar surface area (TPSA) is 99.5 Å². The van der Waals surface area contributed by atoms with E-state index in [1.165, 1.54) is 11.6 Å². The Morgan fingerprint density at radius 3 is 2.40 bits per heavy atom.